The molecule has 0 saturated heterocycles. The average molecular weight is 993 g/mol. The van der Waals surface area contributed by atoms with Gasteiger partial charge in [-0.3, -0.25) is 4.79 Å². The Morgan fingerprint density at radius 2 is 1.03 bits per heavy atom. The highest BCUT2D eigenvalue weighted by molar-refractivity contribution is 5.97. The van der Waals surface area contributed by atoms with Crippen LogP contribution >= 0.6 is 0 Å². The molecule has 71 heavy (non-hydrogen) atoms. The zero-order valence-electron chi connectivity index (χ0n) is 41.5. The van der Waals surface area contributed by atoms with E-state index in [2.05, 4.69) is 56.3 Å². The van der Waals surface area contributed by atoms with E-state index in [1.807, 2.05) is 37.1 Å². The summed E-state index contributed by atoms with van der Waals surface area (Å²) in [4.78, 5) is 35.1. The van der Waals surface area contributed by atoms with Gasteiger partial charge in [0.25, 0.3) is 0 Å². The molecule has 384 valence electrons. The van der Waals surface area contributed by atoms with Crippen LogP contribution in [0.5, 0.6) is 5.75 Å². The summed E-state index contributed by atoms with van der Waals surface area (Å²) in [6.45, 7) is 16.0. The number of halogens is 4. The van der Waals surface area contributed by atoms with Gasteiger partial charge < -0.3 is 47.8 Å². The van der Waals surface area contributed by atoms with Gasteiger partial charge in [0.2, 0.25) is 0 Å². The number of ether oxygens (including phenoxy) is 8. The maximum atomic E-state index is 13.7. The van der Waals surface area contributed by atoms with Crippen molar-refractivity contribution in [2.24, 2.45) is 0 Å². The van der Waals surface area contributed by atoms with Crippen LogP contribution in [-0.2, 0) is 50.0 Å². The van der Waals surface area contributed by atoms with Crippen molar-refractivity contribution in [3.05, 3.63) is 157 Å². The molecule has 1 aliphatic rings. The number of Topliss-reactive ketones (excluding diaryl/α,β-unsaturated/α-hetero) is 1. The second kappa shape index (κ2) is 28.9. The van der Waals surface area contributed by atoms with Gasteiger partial charge in [-0.25, -0.2) is 22.4 Å². The number of carbonyl (C=O) groups excluding carboxylic acids is 3. The quantitative estimate of drug-likeness (QED) is 0.0192. The molecule has 0 heterocycles. The molecular weight excluding hydrogens is 929 g/mol. The summed E-state index contributed by atoms with van der Waals surface area (Å²) in [5.74, 6) is -5.51. The summed E-state index contributed by atoms with van der Waals surface area (Å²) in [5, 5.41) is 8.85. The molecule has 0 fully saturated rings. The first kappa shape index (κ1) is 57.7. The Bertz CT molecular complexity index is 2390. The fourth-order valence-electron chi connectivity index (χ4n) is 8.07. The van der Waals surface area contributed by atoms with Gasteiger partial charge in [-0.1, -0.05) is 65.7 Å². The number of hydrogen-bond acceptors (Lipinski definition) is 12. The van der Waals surface area contributed by atoms with Gasteiger partial charge in [0.15, 0.2) is 29.1 Å². The fraction of sp³-hybridized carbons (Fsp3) is 0.400. The van der Waals surface area contributed by atoms with E-state index >= 15 is 0 Å². The number of carbonyl (C=O) groups is 3. The number of aliphatic hydroxyl groups excluding tert-OH is 1. The predicted octanol–water partition coefficient (Wildman–Crippen LogP) is 9.32. The molecule has 0 saturated carbocycles. The Hall–Kier alpha value is -5.85. The van der Waals surface area contributed by atoms with Crippen molar-refractivity contribution in [2.75, 3.05) is 93.0 Å². The summed E-state index contributed by atoms with van der Waals surface area (Å²) in [6.07, 6.45) is 0. The highest BCUT2D eigenvalue weighted by atomic mass is 19.2. The molecule has 16 heteroatoms. The minimum atomic E-state index is -1.33. The number of rotatable bonds is 25. The Morgan fingerprint density at radius 1 is 0.577 bits per heavy atom. The van der Waals surface area contributed by atoms with Gasteiger partial charge >= 0.3 is 5.97 Å². The third-order valence-corrected chi connectivity index (χ3v) is 11.5. The monoisotopic (exact) mass is 992 g/mol. The maximum absolute atomic E-state index is 13.7. The second-order valence-corrected chi connectivity index (χ2v) is 16.3. The Kier molecular flexibility index (Phi) is 23.5. The third-order valence-electron chi connectivity index (χ3n) is 11.5. The lowest BCUT2D eigenvalue weighted by Crippen LogP contribution is -2.30. The number of ketones is 1. The summed E-state index contributed by atoms with van der Waals surface area (Å²) >= 11 is 0. The van der Waals surface area contributed by atoms with Gasteiger partial charge in [-0.05, 0) is 98.7 Å². The number of methoxy groups -OCH3 is 1. The van der Waals surface area contributed by atoms with Crippen LogP contribution < -0.4 is 4.74 Å². The van der Waals surface area contributed by atoms with E-state index in [-0.39, 0.29) is 38.8 Å². The molecule has 0 aromatic heterocycles. The number of benzene rings is 5. The van der Waals surface area contributed by atoms with Crippen molar-refractivity contribution < 1.29 is 74.9 Å². The number of fused-ring (bicyclic) bond motifs is 3. The highest BCUT2D eigenvalue weighted by Crippen LogP contribution is 2.57. The van der Waals surface area contributed by atoms with Crippen molar-refractivity contribution in [2.45, 2.75) is 53.6 Å². The molecule has 5 aromatic rings. The fourth-order valence-corrected chi connectivity index (χ4v) is 8.07. The van der Waals surface area contributed by atoms with E-state index in [1.54, 1.807) is 21.0 Å². The SMILES string of the molecule is C=O.CCOC(=O)c1cc(C2(c3ccc(COCCOCCOCCO)c(C(C)=O)c3)c3cc(C)ccc3-c3ccc(C)cc32)ccc1OCCOCCOCCOC.Cc1c(F)c(F)c(C)c(F)c1F. The van der Waals surface area contributed by atoms with Crippen molar-refractivity contribution in [1.29, 1.82) is 0 Å². The zero-order valence-corrected chi connectivity index (χ0v) is 41.5. The Balaban J connectivity index is 0.000000677. The molecule has 5 aromatic carbocycles. The van der Waals surface area contributed by atoms with E-state index in [9.17, 15) is 27.2 Å². The van der Waals surface area contributed by atoms with Crippen LogP contribution in [0.25, 0.3) is 11.1 Å². The molecule has 0 unspecified atom stereocenters. The van der Waals surface area contributed by atoms with Crippen LogP contribution in [0.4, 0.5) is 17.6 Å². The third kappa shape index (κ3) is 14.4. The number of esters is 1. The van der Waals surface area contributed by atoms with Gasteiger partial charge in [-0.2, -0.15) is 0 Å². The van der Waals surface area contributed by atoms with E-state index in [0.29, 0.717) is 76.3 Å². The minimum absolute atomic E-state index is 0.0279. The van der Waals surface area contributed by atoms with Crippen LogP contribution in [0.2, 0.25) is 0 Å². The van der Waals surface area contributed by atoms with E-state index in [4.69, 9.17) is 47.8 Å². The van der Waals surface area contributed by atoms with Gasteiger partial charge in [0.05, 0.1) is 91.3 Å². The van der Waals surface area contributed by atoms with E-state index in [1.165, 1.54) is 0 Å². The largest absolute Gasteiger partial charge is 0.490 e. The predicted molar refractivity (Wildman–Crippen MR) is 259 cm³/mol. The smallest absolute Gasteiger partial charge is 0.341 e. The van der Waals surface area contributed by atoms with Crippen LogP contribution in [0.15, 0.2) is 72.8 Å². The number of hydrogen-bond donors (Lipinski definition) is 1. The summed E-state index contributed by atoms with van der Waals surface area (Å²) < 4.78 is 95.3. The molecule has 0 atom stereocenters. The molecule has 1 aliphatic carbocycles. The van der Waals surface area contributed by atoms with Gasteiger partial charge in [0.1, 0.15) is 24.7 Å². The maximum Gasteiger partial charge on any atom is 0.341 e. The van der Waals surface area contributed by atoms with E-state index < -0.39 is 45.8 Å². The van der Waals surface area contributed by atoms with Crippen molar-refractivity contribution in [1.82, 2.24) is 0 Å². The molecule has 0 bridgehead atoms. The van der Waals surface area contributed by atoms with Crippen molar-refractivity contribution >= 4 is 18.5 Å². The first-order valence-corrected chi connectivity index (χ1v) is 23.1. The summed E-state index contributed by atoms with van der Waals surface area (Å²) in [5.41, 5.74) is 7.56. The second-order valence-electron chi connectivity index (χ2n) is 16.3. The molecular formula is C55H64F4O12. The molecule has 0 aliphatic heterocycles. The molecule has 1 N–H and O–H groups in total. The van der Waals surface area contributed by atoms with Crippen molar-refractivity contribution in [3.63, 3.8) is 0 Å². The summed E-state index contributed by atoms with van der Waals surface area (Å²) in [6, 6.07) is 24.7. The topological polar surface area (TPSA) is 145 Å². The number of aliphatic hydroxyl groups is 1. The van der Waals surface area contributed by atoms with Crippen molar-refractivity contribution in [3.8, 4) is 16.9 Å². The van der Waals surface area contributed by atoms with Gasteiger partial charge in [0, 0.05) is 23.8 Å². The van der Waals surface area contributed by atoms with Gasteiger partial charge in [-0.15, -0.1) is 0 Å². The summed E-state index contributed by atoms with van der Waals surface area (Å²) in [7, 11) is 1.63. The molecule has 0 radical (unpaired) electrons. The minimum Gasteiger partial charge on any atom is -0.490 e. The molecule has 0 spiro atoms. The lowest BCUT2D eigenvalue weighted by atomic mass is 9.66. The first-order chi connectivity index (χ1) is 34.2. The molecule has 0 amide bonds. The highest BCUT2D eigenvalue weighted by Gasteiger charge is 2.47. The van der Waals surface area contributed by atoms with Crippen LogP contribution in [0.1, 0.15) is 84.6 Å². The van der Waals surface area contributed by atoms with Crippen LogP contribution in [0.3, 0.4) is 0 Å². The number of aryl methyl sites for hydroxylation is 2. The Labute approximate surface area is 413 Å². The first-order valence-electron chi connectivity index (χ1n) is 23.1. The van der Waals surface area contributed by atoms with Crippen LogP contribution in [-0.4, -0.2) is 117 Å². The lowest BCUT2D eigenvalue weighted by Gasteiger charge is -2.35. The molecule has 12 nitrogen and oxygen atoms in total. The Morgan fingerprint density at radius 3 is 1.51 bits per heavy atom. The average Bonchev–Trinajstić information content (AvgIpc) is 3.65. The zero-order chi connectivity index (χ0) is 52.1. The standard InChI is InChI=1S/C46H56O11.C8H6F4.CH2O/c1-6-56-45(49)41-30-37(11-14-44(41)57-26-25-54-22-21-52-18-17-50-5)46(42-27-32(2)7-12-38(42)39-13-8-33(3)28-43(39)46)36-10-9-35(40(29-36)34(4)48)31-55-24-23-53-20-19-51-16-15-47;1-3-5(9)7(11)4(2)8(12)6(3)10;1-2/h7-14,27-30,47H,6,15-26,31H2,1-5H3;1-2H3;1H2. The van der Waals surface area contributed by atoms with E-state index in [0.717, 1.165) is 63.9 Å². The lowest BCUT2D eigenvalue weighted by molar-refractivity contribution is -0.0980. The van der Waals surface area contributed by atoms with Crippen LogP contribution in [0, 0.1) is 51.0 Å². The normalized spacial score (nSPS) is 12.0. The molecule has 6 rings (SSSR count).